The van der Waals surface area contributed by atoms with Crippen LogP contribution in [-0.4, -0.2) is 56.5 Å². The maximum Gasteiger partial charge on any atom is 0.243 e. The second-order valence-electron chi connectivity index (χ2n) is 8.78. The number of aromatic nitrogens is 2. The normalized spacial score (nSPS) is 20.3. The van der Waals surface area contributed by atoms with Crippen molar-refractivity contribution in [2.45, 2.75) is 58.8 Å². The topological polar surface area (TPSA) is 121 Å². The third-order valence-electron chi connectivity index (χ3n) is 5.33. The molecule has 1 aliphatic rings. The fraction of sp³-hybridized carbons (Fsp3) is 0.524. The predicted molar refractivity (Wildman–Crippen MR) is 115 cm³/mol. The van der Waals surface area contributed by atoms with Crippen molar-refractivity contribution in [3.63, 3.8) is 0 Å². The number of hydrogen-bond acceptors (Lipinski definition) is 7. The highest BCUT2D eigenvalue weighted by molar-refractivity contribution is 7.13. The molecule has 0 unspecified atom stereocenters. The molecule has 162 valence electrons. The zero-order valence-corrected chi connectivity index (χ0v) is 18.6. The lowest BCUT2D eigenvalue weighted by atomic mass is 9.86. The van der Waals surface area contributed by atoms with Crippen molar-refractivity contribution in [2.24, 2.45) is 11.1 Å². The van der Waals surface area contributed by atoms with Gasteiger partial charge in [-0.05, 0) is 24.0 Å². The highest BCUT2D eigenvalue weighted by atomic mass is 32.1. The maximum absolute atomic E-state index is 12.8. The smallest absolute Gasteiger partial charge is 0.243 e. The van der Waals surface area contributed by atoms with Crippen LogP contribution in [0.3, 0.4) is 0 Å². The first kappa shape index (κ1) is 22.3. The van der Waals surface area contributed by atoms with Crippen molar-refractivity contribution >= 4 is 23.2 Å². The molecule has 3 rings (SSSR count). The summed E-state index contributed by atoms with van der Waals surface area (Å²) < 4.78 is 0. The third kappa shape index (κ3) is 4.85. The van der Waals surface area contributed by atoms with Gasteiger partial charge in [0.1, 0.15) is 6.04 Å². The van der Waals surface area contributed by atoms with E-state index in [0.717, 1.165) is 21.8 Å². The van der Waals surface area contributed by atoms with E-state index in [1.807, 2.05) is 39.8 Å². The molecule has 0 aliphatic carbocycles. The molecule has 30 heavy (non-hydrogen) atoms. The molecule has 0 saturated carbocycles. The predicted octanol–water partition coefficient (Wildman–Crippen LogP) is 1.46. The van der Waals surface area contributed by atoms with Crippen LogP contribution in [0.1, 0.15) is 38.4 Å². The van der Waals surface area contributed by atoms with Crippen LogP contribution in [0.4, 0.5) is 0 Å². The van der Waals surface area contributed by atoms with Gasteiger partial charge in [0.2, 0.25) is 11.8 Å². The lowest BCUT2D eigenvalue weighted by Gasteiger charge is -2.32. The molecular formula is C21H29N5O3S. The Morgan fingerprint density at radius 1 is 1.37 bits per heavy atom. The van der Waals surface area contributed by atoms with Crippen molar-refractivity contribution in [1.29, 1.82) is 0 Å². The van der Waals surface area contributed by atoms with Gasteiger partial charge >= 0.3 is 0 Å². The van der Waals surface area contributed by atoms with E-state index in [1.165, 1.54) is 16.2 Å². The van der Waals surface area contributed by atoms with Gasteiger partial charge in [-0.25, -0.2) is 4.98 Å². The maximum atomic E-state index is 12.8. The number of aliphatic hydroxyl groups is 1. The number of nitrogens with zero attached hydrogens (tertiary/aromatic N) is 3. The molecule has 4 N–H and O–H groups in total. The molecule has 2 amide bonds. The van der Waals surface area contributed by atoms with Crippen LogP contribution in [0.5, 0.6) is 0 Å². The zero-order chi connectivity index (χ0) is 22.1. The van der Waals surface area contributed by atoms with Crippen LogP contribution in [0, 0.1) is 12.3 Å². The van der Waals surface area contributed by atoms with E-state index in [-0.39, 0.29) is 31.3 Å². The number of rotatable bonds is 5. The zero-order valence-electron chi connectivity index (χ0n) is 17.8. The molecule has 2 aromatic heterocycles. The van der Waals surface area contributed by atoms with E-state index in [2.05, 4.69) is 15.3 Å². The molecule has 8 nitrogen and oxygen atoms in total. The van der Waals surface area contributed by atoms with Gasteiger partial charge in [-0.2, -0.15) is 0 Å². The van der Waals surface area contributed by atoms with Gasteiger partial charge in [0, 0.05) is 25.7 Å². The summed E-state index contributed by atoms with van der Waals surface area (Å²) in [5.74, 6) is -0.617. The number of likely N-dealkylation sites (tertiary alicyclic amines) is 1. The van der Waals surface area contributed by atoms with Crippen LogP contribution in [0.15, 0.2) is 23.8 Å². The molecule has 1 saturated heterocycles. The monoisotopic (exact) mass is 431 g/mol. The first-order valence-corrected chi connectivity index (χ1v) is 10.8. The van der Waals surface area contributed by atoms with E-state index in [1.54, 1.807) is 11.7 Å². The quantitative estimate of drug-likeness (QED) is 0.659. The summed E-state index contributed by atoms with van der Waals surface area (Å²) in [6.07, 6.45) is 1.19. The van der Waals surface area contributed by atoms with E-state index >= 15 is 0 Å². The Bertz CT molecular complexity index is 906. The van der Waals surface area contributed by atoms with Gasteiger partial charge in [-0.3, -0.25) is 14.6 Å². The van der Waals surface area contributed by atoms with Crippen LogP contribution >= 0.6 is 11.3 Å². The number of nitrogens with two attached hydrogens (primary N) is 1. The SMILES string of the molecule is Cc1ncsc1-c1ccc(CNC(=O)[C@@H]2C[C@@H](O)CN2C(=O)[C@@H](N)C(C)(C)C)cn1. The minimum atomic E-state index is -0.745. The number of hydrogen-bond donors (Lipinski definition) is 3. The summed E-state index contributed by atoms with van der Waals surface area (Å²) in [6.45, 7) is 7.97. The number of aliphatic hydroxyl groups excluding tert-OH is 1. The average molecular weight is 432 g/mol. The molecule has 0 bridgehead atoms. The van der Waals surface area contributed by atoms with E-state index in [4.69, 9.17) is 5.73 Å². The van der Waals surface area contributed by atoms with Crippen molar-refractivity contribution < 1.29 is 14.7 Å². The van der Waals surface area contributed by atoms with E-state index in [0.29, 0.717) is 0 Å². The molecule has 9 heteroatoms. The second-order valence-corrected chi connectivity index (χ2v) is 9.63. The summed E-state index contributed by atoms with van der Waals surface area (Å²) in [5, 5.41) is 12.9. The molecule has 3 atom stereocenters. The van der Waals surface area contributed by atoms with Gasteiger partial charge in [0.05, 0.1) is 33.9 Å². The number of carbonyl (C=O) groups is 2. The number of aryl methyl sites for hydroxylation is 1. The Morgan fingerprint density at radius 2 is 2.10 bits per heavy atom. The number of thiazole rings is 1. The van der Waals surface area contributed by atoms with Crippen molar-refractivity contribution in [3.05, 3.63) is 35.1 Å². The van der Waals surface area contributed by atoms with Crippen molar-refractivity contribution in [3.8, 4) is 10.6 Å². The van der Waals surface area contributed by atoms with Crippen LogP contribution in [0.2, 0.25) is 0 Å². The summed E-state index contributed by atoms with van der Waals surface area (Å²) >= 11 is 1.54. The highest BCUT2D eigenvalue weighted by Gasteiger charge is 2.42. The summed E-state index contributed by atoms with van der Waals surface area (Å²) in [5.41, 5.74) is 10.1. The van der Waals surface area contributed by atoms with Gasteiger partial charge < -0.3 is 21.1 Å². The molecule has 0 spiro atoms. The number of carbonyl (C=O) groups excluding carboxylic acids is 2. The van der Waals surface area contributed by atoms with Crippen LogP contribution in [0.25, 0.3) is 10.6 Å². The third-order valence-corrected chi connectivity index (χ3v) is 6.28. The van der Waals surface area contributed by atoms with Crippen LogP contribution < -0.4 is 11.1 Å². The number of amides is 2. The lowest BCUT2D eigenvalue weighted by molar-refractivity contribution is -0.141. The fourth-order valence-electron chi connectivity index (χ4n) is 3.37. The van der Waals surface area contributed by atoms with Crippen LogP contribution in [-0.2, 0) is 16.1 Å². The number of β-amino-alcohol motifs (C(OH)–C–C–N with tert-alkyl or cyclic N) is 1. The average Bonchev–Trinajstić information content (AvgIpc) is 3.30. The number of nitrogens with one attached hydrogen (secondary N) is 1. The largest absolute Gasteiger partial charge is 0.391 e. The Labute approximate surface area is 180 Å². The Hall–Kier alpha value is -2.36. The molecule has 3 heterocycles. The molecule has 1 fully saturated rings. The summed E-state index contributed by atoms with van der Waals surface area (Å²) in [7, 11) is 0. The summed E-state index contributed by atoms with van der Waals surface area (Å²) in [4.78, 5) is 36.7. The minimum absolute atomic E-state index is 0.116. The first-order valence-electron chi connectivity index (χ1n) is 9.95. The van der Waals surface area contributed by atoms with Gasteiger partial charge in [0.25, 0.3) is 0 Å². The van der Waals surface area contributed by atoms with Crippen molar-refractivity contribution in [1.82, 2.24) is 20.2 Å². The molecule has 0 radical (unpaired) electrons. The van der Waals surface area contributed by atoms with Gasteiger partial charge in [-0.1, -0.05) is 26.8 Å². The molecule has 1 aliphatic heterocycles. The van der Waals surface area contributed by atoms with Gasteiger partial charge in [-0.15, -0.1) is 11.3 Å². The molecule has 2 aromatic rings. The Morgan fingerprint density at radius 3 is 2.67 bits per heavy atom. The minimum Gasteiger partial charge on any atom is -0.391 e. The van der Waals surface area contributed by atoms with Gasteiger partial charge in [0.15, 0.2) is 0 Å². The van der Waals surface area contributed by atoms with E-state index < -0.39 is 23.6 Å². The first-order chi connectivity index (χ1) is 14.1. The highest BCUT2D eigenvalue weighted by Crippen LogP contribution is 2.26. The second kappa shape index (κ2) is 8.79. The Kier molecular flexibility index (Phi) is 6.54. The molecule has 0 aromatic carbocycles. The van der Waals surface area contributed by atoms with Crippen molar-refractivity contribution in [2.75, 3.05) is 6.54 Å². The lowest BCUT2D eigenvalue weighted by Crippen LogP contribution is -2.54. The van der Waals surface area contributed by atoms with E-state index in [9.17, 15) is 14.7 Å². The Balaban J connectivity index is 1.63. The molecular weight excluding hydrogens is 402 g/mol. The number of pyridine rings is 1. The summed E-state index contributed by atoms with van der Waals surface area (Å²) in [6, 6.07) is 2.33. The standard InChI is InChI=1S/C21H29N5O3S/c1-12-17(30-11-25-12)15-6-5-13(8-23-15)9-24-19(28)16-7-14(27)10-26(16)20(29)18(22)21(2,3)4/h5-6,8,11,14,16,18,27H,7,9-10,22H2,1-4H3,(H,24,28)/t14-,16+,18-/m1/s1. The fourth-order valence-corrected chi connectivity index (χ4v) is 4.15.